The summed E-state index contributed by atoms with van der Waals surface area (Å²) in [5.41, 5.74) is 2.40. The lowest BCUT2D eigenvalue weighted by molar-refractivity contribution is 0.0304. The predicted molar refractivity (Wildman–Crippen MR) is 107 cm³/mol. The second-order valence-corrected chi connectivity index (χ2v) is 6.93. The Balaban J connectivity index is 1.68. The number of rotatable bonds is 4. The topological polar surface area (TPSA) is 45.7 Å². The van der Waals surface area contributed by atoms with E-state index in [1.807, 2.05) is 47.2 Å². The molecule has 0 bridgehead atoms. The zero-order valence-electron chi connectivity index (χ0n) is 15.8. The molecular formula is C22H22FN3O2. The molecule has 1 fully saturated rings. The fourth-order valence-corrected chi connectivity index (χ4v) is 3.42. The van der Waals surface area contributed by atoms with Crippen LogP contribution in [-0.2, 0) is 11.3 Å². The number of morpholine rings is 1. The van der Waals surface area contributed by atoms with Crippen molar-refractivity contribution in [3.8, 4) is 0 Å². The van der Waals surface area contributed by atoms with Crippen LogP contribution in [0, 0.1) is 5.82 Å². The number of benzene rings is 2. The fraction of sp³-hybridized carbons (Fsp3) is 0.273. The zero-order chi connectivity index (χ0) is 19.5. The van der Waals surface area contributed by atoms with Gasteiger partial charge >= 0.3 is 0 Å². The SMILES string of the molecule is CN(Cc1ccc(F)cc1)c1cc(C(=O)N2CCOCC2)c2ccccc2n1. The molecule has 2 aromatic carbocycles. The summed E-state index contributed by atoms with van der Waals surface area (Å²) in [5.74, 6) is 0.451. The van der Waals surface area contributed by atoms with Crippen LogP contribution in [-0.4, -0.2) is 49.1 Å². The number of amides is 1. The molecule has 1 aliphatic rings. The lowest BCUT2D eigenvalue weighted by atomic mass is 10.1. The van der Waals surface area contributed by atoms with Crippen molar-refractivity contribution >= 4 is 22.6 Å². The summed E-state index contributed by atoms with van der Waals surface area (Å²) >= 11 is 0. The molecule has 0 spiro atoms. The smallest absolute Gasteiger partial charge is 0.254 e. The van der Waals surface area contributed by atoms with Gasteiger partial charge in [0.2, 0.25) is 0 Å². The van der Waals surface area contributed by atoms with Crippen LogP contribution in [0.4, 0.5) is 10.2 Å². The average molecular weight is 379 g/mol. The molecule has 0 N–H and O–H groups in total. The molecule has 4 rings (SSSR count). The third kappa shape index (κ3) is 3.82. The Kier molecular flexibility index (Phi) is 5.21. The van der Waals surface area contributed by atoms with Crippen LogP contribution in [0.15, 0.2) is 54.6 Å². The van der Waals surface area contributed by atoms with Crippen molar-refractivity contribution in [3.05, 3.63) is 71.5 Å². The van der Waals surface area contributed by atoms with Crippen LogP contribution in [0.2, 0.25) is 0 Å². The minimum absolute atomic E-state index is 0.00154. The molecule has 28 heavy (non-hydrogen) atoms. The molecular weight excluding hydrogens is 357 g/mol. The van der Waals surface area contributed by atoms with Gasteiger partial charge < -0.3 is 14.5 Å². The number of hydrogen-bond acceptors (Lipinski definition) is 4. The number of halogens is 1. The van der Waals surface area contributed by atoms with Crippen molar-refractivity contribution in [2.24, 2.45) is 0 Å². The van der Waals surface area contributed by atoms with E-state index in [0.29, 0.717) is 44.2 Å². The lowest BCUT2D eigenvalue weighted by Crippen LogP contribution is -2.40. The van der Waals surface area contributed by atoms with Gasteiger partial charge in [0.15, 0.2) is 0 Å². The Morgan fingerprint density at radius 1 is 1.14 bits per heavy atom. The quantitative estimate of drug-likeness (QED) is 0.696. The highest BCUT2D eigenvalue weighted by atomic mass is 19.1. The molecule has 144 valence electrons. The van der Waals surface area contributed by atoms with E-state index in [1.54, 1.807) is 12.1 Å². The number of pyridine rings is 1. The van der Waals surface area contributed by atoms with Crippen LogP contribution in [0.5, 0.6) is 0 Å². The van der Waals surface area contributed by atoms with Gasteiger partial charge in [0, 0.05) is 32.1 Å². The number of aromatic nitrogens is 1. The second kappa shape index (κ2) is 7.94. The van der Waals surface area contributed by atoms with Crippen molar-refractivity contribution in [1.82, 2.24) is 9.88 Å². The molecule has 0 radical (unpaired) electrons. The minimum Gasteiger partial charge on any atom is -0.378 e. The van der Waals surface area contributed by atoms with Gasteiger partial charge in [-0.2, -0.15) is 0 Å². The molecule has 1 saturated heterocycles. The number of carbonyl (C=O) groups excluding carboxylic acids is 1. The molecule has 1 amide bonds. The van der Waals surface area contributed by atoms with E-state index in [9.17, 15) is 9.18 Å². The number of nitrogens with zero attached hydrogens (tertiary/aromatic N) is 3. The Morgan fingerprint density at radius 2 is 1.86 bits per heavy atom. The maximum absolute atomic E-state index is 13.2. The van der Waals surface area contributed by atoms with E-state index in [2.05, 4.69) is 0 Å². The van der Waals surface area contributed by atoms with Crippen LogP contribution >= 0.6 is 0 Å². The second-order valence-electron chi connectivity index (χ2n) is 6.93. The number of anilines is 1. The van der Waals surface area contributed by atoms with Gasteiger partial charge in [0.25, 0.3) is 5.91 Å². The highest BCUT2D eigenvalue weighted by molar-refractivity contribution is 6.07. The van der Waals surface area contributed by atoms with E-state index in [4.69, 9.17) is 9.72 Å². The van der Waals surface area contributed by atoms with Crippen LogP contribution in [0.1, 0.15) is 15.9 Å². The molecule has 0 saturated carbocycles. The monoisotopic (exact) mass is 379 g/mol. The van der Waals surface area contributed by atoms with Crippen molar-refractivity contribution in [1.29, 1.82) is 0 Å². The maximum atomic E-state index is 13.2. The first kappa shape index (κ1) is 18.4. The van der Waals surface area contributed by atoms with Gasteiger partial charge in [-0.1, -0.05) is 30.3 Å². The summed E-state index contributed by atoms with van der Waals surface area (Å²) in [7, 11) is 1.92. The molecule has 1 aliphatic heterocycles. The van der Waals surface area contributed by atoms with E-state index < -0.39 is 0 Å². The molecule has 2 heterocycles. The predicted octanol–water partition coefficient (Wildman–Crippen LogP) is 3.48. The van der Waals surface area contributed by atoms with E-state index in [0.717, 1.165) is 16.5 Å². The van der Waals surface area contributed by atoms with Gasteiger partial charge in [-0.15, -0.1) is 0 Å². The highest BCUT2D eigenvalue weighted by Crippen LogP contribution is 2.25. The largest absolute Gasteiger partial charge is 0.378 e. The molecule has 6 heteroatoms. The molecule has 5 nitrogen and oxygen atoms in total. The summed E-state index contributed by atoms with van der Waals surface area (Å²) in [6, 6.07) is 15.9. The third-order valence-corrected chi connectivity index (χ3v) is 4.96. The van der Waals surface area contributed by atoms with Crippen LogP contribution in [0.3, 0.4) is 0 Å². The van der Waals surface area contributed by atoms with E-state index >= 15 is 0 Å². The molecule has 0 atom stereocenters. The van der Waals surface area contributed by atoms with Crippen molar-refractivity contribution < 1.29 is 13.9 Å². The fourth-order valence-electron chi connectivity index (χ4n) is 3.42. The maximum Gasteiger partial charge on any atom is 0.254 e. The zero-order valence-corrected chi connectivity index (χ0v) is 15.8. The number of hydrogen-bond donors (Lipinski definition) is 0. The molecule has 0 aliphatic carbocycles. The Morgan fingerprint density at radius 3 is 2.61 bits per heavy atom. The van der Waals surface area contributed by atoms with Crippen molar-refractivity contribution in [2.75, 3.05) is 38.3 Å². The van der Waals surface area contributed by atoms with Gasteiger partial charge in [-0.3, -0.25) is 4.79 Å². The first-order valence-corrected chi connectivity index (χ1v) is 9.34. The van der Waals surface area contributed by atoms with Gasteiger partial charge in [0.05, 0.1) is 24.3 Å². The number of carbonyl (C=O) groups is 1. The number of para-hydroxylation sites is 1. The summed E-state index contributed by atoms with van der Waals surface area (Å²) < 4.78 is 18.5. The number of ether oxygens (including phenoxy) is 1. The summed E-state index contributed by atoms with van der Waals surface area (Å²) in [6.07, 6.45) is 0. The minimum atomic E-state index is -0.256. The Hall–Kier alpha value is -2.99. The Labute approximate surface area is 163 Å². The normalized spacial score (nSPS) is 14.3. The Bertz CT molecular complexity index is 985. The molecule has 1 aromatic heterocycles. The first-order valence-electron chi connectivity index (χ1n) is 9.34. The van der Waals surface area contributed by atoms with Crippen molar-refractivity contribution in [2.45, 2.75) is 6.54 Å². The summed E-state index contributed by atoms with van der Waals surface area (Å²) in [5, 5.41) is 0.845. The van der Waals surface area contributed by atoms with E-state index in [1.165, 1.54) is 12.1 Å². The first-order chi connectivity index (χ1) is 13.6. The number of fused-ring (bicyclic) bond motifs is 1. The third-order valence-electron chi connectivity index (χ3n) is 4.96. The average Bonchev–Trinajstić information content (AvgIpc) is 2.74. The van der Waals surface area contributed by atoms with E-state index in [-0.39, 0.29) is 11.7 Å². The van der Waals surface area contributed by atoms with Gasteiger partial charge in [-0.25, -0.2) is 9.37 Å². The van der Waals surface area contributed by atoms with Crippen molar-refractivity contribution in [3.63, 3.8) is 0 Å². The summed E-state index contributed by atoms with van der Waals surface area (Å²) in [4.78, 5) is 21.7. The lowest BCUT2D eigenvalue weighted by Gasteiger charge is -2.28. The molecule has 3 aromatic rings. The van der Waals surface area contributed by atoms with Crippen LogP contribution in [0.25, 0.3) is 10.9 Å². The highest BCUT2D eigenvalue weighted by Gasteiger charge is 2.22. The summed E-state index contributed by atoms with van der Waals surface area (Å²) in [6.45, 7) is 2.88. The van der Waals surface area contributed by atoms with Gasteiger partial charge in [-0.05, 0) is 29.8 Å². The van der Waals surface area contributed by atoms with Crippen LogP contribution < -0.4 is 4.90 Å². The van der Waals surface area contributed by atoms with Gasteiger partial charge in [0.1, 0.15) is 11.6 Å². The molecule has 0 unspecified atom stereocenters. The standard InChI is InChI=1S/C22H22FN3O2/c1-25(15-16-6-8-17(23)9-7-16)21-14-19(18-4-2-3-5-20(18)24-21)22(27)26-10-12-28-13-11-26/h2-9,14H,10-13,15H2,1H3.